The van der Waals surface area contributed by atoms with E-state index >= 15 is 0 Å². The Morgan fingerprint density at radius 1 is 1.05 bits per heavy atom. The van der Waals surface area contributed by atoms with Crippen molar-refractivity contribution in [3.63, 3.8) is 0 Å². The minimum Gasteiger partial charge on any atom is -0.325 e. The van der Waals surface area contributed by atoms with Crippen LogP contribution in [-0.4, -0.2) is 18.4 Å². The van der Waals surface area contributed by atoms with E-state index in [1.165, 1.54) is 6.92 Å². The lowest BCUT2D eigenvalue weighted by molar-refractivity contribution is -0.114. The van der Waals surface area contributed by atoms with Gasteiger partial charge in [-0.3, -0.25) is 9.59 Å². The van der Waals surface area contributed by atoms with Gasteiger partial charge in [-0.1, -0.05) is 30.3 Å². The summed E-state index contributed by atoms with van der Waals surface area (Å²) in [6.45, 7) is 2.11. The van der Waals surface area contributed by atoms with E-state index in [4.69, 9.17) is 0 Å². The number of carbonyl (C=O) groups excluding carboxylic acids is 2. The van der Waals surface area contributed by atoms with Crippen molar-refractivity contribution in [1.82, 2.24) is 0 Å². The van der Waals surface area contributed by atoms with Gasteiger partial charge in [-0.2, -0.15) is 0 Å². The molecule has 0 atom stereocenters. The number of hydrogen-bond acceptors (Lipinski definition) is 2. The van der Waals surface area contributed by atoms with Gasteiger partial charge in [-0.15, -0.1) is 0 Å². The van der Waals surface area contributed by atoms with Crippen LogP contribution in [0.2, 0.25) is 0 Å². The highest BCUT2D eigenvalue weighted by Crippen LogP contribution is 2.36. The molecule has 0 spiro atoms. The first-order valence-corrected chi connectivity index (χ1v) is 6.93. The number of nitrogens with one attached hydrogen (secondary N) is 1. The maximum atomic E-state index is 12.7. The van der Waals surface area contributed by atoms with Gasteiger partial charge in [0.15, 0.2) is 0 Å². The van der Waals surface area contributed by atoms with Gasteiger partial charge in [0.2, 0.25) is 5.91 Å². The zero-order chi connectivity index (χ0) is 14.8. The number of hydrogen-bond donors (Lipinski definition) is 1. The average Bonchev–Trinajstić information content (AvgIpc) is 2.92. The summed E-state index contributed by atoms with van der Waals surface area (Å²) in [5.41, 5.74) is 3.26. The summed E-state index contributed by atoms with van der Waals surface area (Å²) in [4.78, 5) is 25.8. The predicted octanol–water partition coefficient (Wildman–Crippen LogP) is 2.85. The van der Waals surface area contributed by atoms with Gasteiger partial charge in [0, 0.05) is 19.0 Å². The first-order valence-electron chi connectivity index (χ1n) is 6.93. The van der Waals surface area contributed by atoms with Crippen molar-refractivity contribution in [2.45, 2.75) is 13.3 Å². The molecule has 0 aliphatic carbocycles. The third-order valence-electron chi connectivity index (χ3n) is 3.57. The molecule has 0 saturated carbocycles. The van der Waals surface area contributed by atoms with Gasteiger partial charge in [-0.05, 0) is 30.2 Å². The molecular weight excluding hydrogens is 264 g/mol. The largest absolute Gasteiger partial charge is 0.325 e. The molecule has 3 rings (SSSR count). The zero-order valence-corrected chi connectivity index (χ0v) is 11.8. The second-order valence-corrected chi connectivity index (χ2v) is 5.07. The Hall–Kier alpha value is -2.62. The van der Waals surface area contributed by atoms with Crippen molar-refractivity contribution < 1.29 is 9.59 Å². The van der Waals surface area contributed by atoms with E-state index in [0.717, 1.165) is 17.7 Å². The molecular formula is C17H16N2O2. The highest BCUT2D eigenvalue weighted by Gasteiger charge is 2.28. The first-order chi connectivity index (χ1) is 10.2. The van der Waals surface area contributed by atoms with E-state index in [-0.39, 0.29) is 11.8 Å². The fraction of sp³-hybridized carbons (Fsp3) is 0.176. The molecule has 0 bridgehead atoms. The van der Waals surface area contributed by atoms with Crippen LogP contribution in [0.5, 0.6) is 0 Å². The molecule has 0 fully saturated rings. The lowest BCUT2D eigenvalue weighted by Gasteiger charge is -2.20. The Morgan fingerprint density at radius 2 is 1.81 bits per heavy atom. The Labute approximate surface area is 123 Å². The average molecular weight is 280 g/mol. The molecule has 2 aromatic carbocycles. The topological polar surface area (TPSA) is 49.4 Å². The highest BCUT2D eigenvalue weighted by molar-refractivity contribution is 6.10. The quantitative estimate of drug-likeness (QED) is 0.919. The Kier molecular flexibility index (Phi) is 3.44. The van der Waals surface area contributed by atoms with E-state index in [1.807, 2.05) is 36.4 Å². The predicted molar refractivity (Wildman–Crippen MR) is 82.6 cm³/mol. The van der Waals surface area contributed by atoms with E-state index in [1.54, 1.807) is 17.0 Å². The summed E-state index contributed by atoms with van der Waals surface area (Å²) in [6, 6.07) is 14.9. The molecule has 2 aromatic rings. The van der Waals surface area contributed by atoms with E-state index in [2.05, 4.69) is 5.32 Å². The molecule has 1 N–H and O–H groups in total. The van der Waals surface area contributed by atoms with Crippen molar-refractivity contribution in [1.29, 1.82) is 0 Å². The Balaban J connectivity index is 1.99. The van der Waals surface area contributed by atoms with Crippen LogP contribution < -0.4 is 10.2 Å². The summed E-state index contributed by atoms with van der Waals surface area (Å²) in [5.74, 6) is -0.172. The van der Waals surface area contributed by atoms with Crippen LogP contribution in [0, 0.1) is 0 Å². The first kappa shape index (κ1) is 13.4. The monoisotopic (exact) mass is 280 g/mol. The standard InChI is InChI=1S/C17H16N2O2/c1-12(20)18-15-9-5-8-13-10-11-19(16(13)15)17(21)14-6-3-2-4-7-14/h2-9H,10-11H2,1H3,(H,18,20). The van der Waals surface area contributed by atoms with E-state index < -0.39 is 0 Å². The number of fused-ring (bicyclic) bond motifs is 1. The number of anilines is 2. The van der Waals surface area contributed by atoms with Crippen molar-refractivity contribution >= 4 is 23.2 Å². The minimum absolute atomic E-state index is 0.0350. The van der Waals surface area contributed by atoms with Crippen LogP contribution in [0.1, 0.15) is 22.8 Å². The van der Waals surface area contributed by atoms with Gasteiger partial charge in [0.25, 0.3) is 5.91 Å². The van der Waals surface area contributed by atoms with Crippen LogP contribution in [0.4, 0.5) is 11.4 Å². The fourth-order valence-corrected chi connectivity index (χ4v) is 2.69. The number of nitrogens with zero attached hydrogens (tertiary/aromatic N) is 1. The normalized spacial score (nSPS) is 12.9. The van der Waals surface area contributed by atoms with Gasteiger partial charge in [-0.25, -0.2) is 0 Å². The van der Waals surface area contributed by atoms with Gasteiger partial charge in [0.1, 0.15) is 0 Å². The summed E-state index contributed by atoms with van der Waals surface area (Å²) < 4.78 is 0. The lowest BCUT2D eigenvalue weighted by Crippen LogP contribution is -2.29. The smallest absolute Gasteiger partial charge is 0.258 e. The molecule has 1 aliphatic rings. The molecule has 0 saturated heterocycles. The summed E-state index contributed by atoms with van der Waals surface area (Å²) in [5, 5.41) is 2.81. The SMILES string of the molecule is CC(=O)Nc1cccc2c1N(C(=O)c1ccccc1)CC2. The summed E-state index contributed by atoms with van der Waals surface area (Å²) in [6.07, 6.45) is 0.807. The summed E-state index contributed by atoms with van der Waals surface area (Å²) in [7, 11) is 0. The Morgan fingerprint density at radius 3 is 2.52 bits per heavy atom. The second kappa shape index (κ2) is 5.40. The van der Waals surface area contributed by atoms with Gasteiger partial charge in [0.05, 0.1) is 11.4 Å². The third kappa shape index (κ3) is 2.52. The van der Waals surface area contributed by atoms with Crippen LogP contribution in [0.15, 0.2) is 48.5 Å². The molecule has 0 unspecified atom stereocenters. The van der Waals surface area contributed by atoms with E-state index in [0.29, 0.717) is 17.8 Å². The molecule has 1 aliphatic heterocycles. The van der Waals surface area contributed by atoms with Gasteiger partial charge < -0.3 is 10.2 Å². The van der Waals surface area contributed by atoms with Crippen molar-refractivity contribution in [2.75, 3.05) is 16.8 Å². The minimum atomic E-state index is -0.137. The molecule has 0 radical (unpaired) electrons. The number of carbonyl (C=O) groups is 2. The second-order valence-electron chi connectivity index (χ2n) is 5.07. The molecule has 1 heterocycles. The van der Waals surface area contributed by atoms with Crippen LogP contribution in [0.25, 0.3) is 0 Å². The van der Waals surface area contributed by atoms with Crippen molar-refractivity contribution in [3.8, 4) is 0 Å². The van der Waals surface area contributed by atoms with E-state index in [9.17, 15) is 9.59 Å². The lowest BCUT2D eigenvalue weighted by atomic mass is 10.1. The maximum Gasteiger partial charge on any atom is 0.258 e. The molecule has 2 amide bonds. The zero-order valence-electron chi connectivity index (χ0n) is 11.8. The number of amides is 2. The Bertz CT molecular complexity index is 695. The third-order valence-corrected chi connectivity index (χ3v) is 3.57. The highest BCUT2D eigenvalue weighted by atomic mass is 16.2. The van der Waals surface area contributed by atoms with Crippen molar-refractivity contribution in [3.05, 3.63) is 59.7 Å². The van der Waals surface area contributed by atoms with Crippen LogP contribution >= 0.6 is 0 Å². The molecule has 4 heteroatoms. The molecule has 106 valence electrons. The number of para-hydroxylation sites is 1. The van der Waals surface area contributed by atoms with Crippen LogP contribution in [0.3, 0.4) is 0 Å². The molecule has 21 heavy (non-hydrogen) atoms. The summed E-state index contributed by atoms with van der Waals surface area (Å²) >= 11 is 0. The number of rotatable bonds is 2. The fourth-order valence-electron chi connectivity index (χ4n) is 2.69. The number of benzene rings is 2. The van der Waals surface area contributed by atoms with Crippen molar-refractivity contribution in [2.24, 2.45) is 0 Å². The van der Waals surface area contributed by atoms with Crippen LogP contribution in [-0.2, 0) is 11.2 Å². The molecule has 4 nitrogen and oxygen atoms in total. The van der Waals surface area contributed by atoms with Gasteiger partial charge >= 0.3 is 0 Å². The maximum absolute atomic E-state index is 12.7. The molecule has 0 aromatic heterocycles.